The number of carbonyl (C=O) groups excluding carboxylic acids is 1. The predicted molar refractivity (Wildman–Crippen MR) is 86.3 cm³/mol. The third-order valence-electron chi connectivity index (χ3n) is 4.72. The summed E-state index contributed by atoms with van der Waals surface area (Å²) in [7, 11) is -2.08. The zero-order valence-corrected chi connectivity index (χ0v) is 14.2. The zero-order valence-electron chi connectivity index (χ0n) is 13.4. The summed E-state index contributed by atoms with van der Waals surface area (Å²) in [5.41, 5.74) is 3.28. The van der Waals surface area contributed by atoms with Gasteiger partial charge in [-0.25, -0.2) is 8.42 Å². The summed E-state index contributed by atoms with van der Waals surface area (Å²) in [6, 6.07) is 6.92. The Morgan fingerprint density at radius 1 is 1.17 bits per heavy atom. The molecule has 5 nitrogen and oxygen atoms in total. The molecule has 124 valence electrons. The molecule has 0 N–H and O–H groups in total. The van der Waals surface area contributed by atoms with E-state index in [1.165, 1.54) is 17.0 Å². The van der Waals surface area contributed by atoms with Crippen LogP contribution in [0.4, 0.5) is 0 Å². The van der Waals surface area contributed by atoms with E-state index in [1.807, 2.05) is 19.1 Å². The average molecular weight is 335 g/mol. The Kier molecular flexibility index (Phi) is 4.29. The molecule has 1 aromatic rings. The lowest BCUT2D eigenvalue weighted by atomic mass is 9.85. The molecule has 6 heteroatoms. The second kappa shape index (κ2) is 6.09. The lowest BCUT2D eigenvalue weighted by Crippen LogP contribution is -2.29. The Hall–Kier alpha value is -1.66. The van der Waals surface area contributed by atoms with Crippen LogP contribution in [0.5, 0.6) is 0 Å². The van der Waals surface area contributed by atoms with Gasteiger partial charge in [0.2, 0.25) is 10.0 Å². The third-order valence-corrected chi connectivity index (χ3v) is 6.52. The van der Waals surface area contributed by atoms with E-state index in [0.29, 0.717) is 24.4 Å². The highest BCUT2D eigenvalue weighted by molar-refractivity contribution is 7.89. The number of carbonyl (C=O) groups is 1. The van der Waals surface area contributed by atoms with E-state index >= 15 is 0 Å². The van der Waals surface area contributed by atoms with Crippen molar-refractivity contribution in [1.29, 1.82) is 0 Å². The highest BCUT2D eigenvalue weighted by atomic mass is 32.2. The first-order chi connectivity index (χ1) is 10.9. The van der Waals surface area contributed by atoms with Gasteiger partial charge in [0.1, 0.15) is 0 Å². The number of hydrogen-bond acceptors (Lipinski definition) is 4. The number of nitrogens with zero attached hydrogens (tertiary/aromatic N) is 1. The number of sulfonamides is 1. The lowest BCUT2D eigenvalue weighted by Gasteiger charge is -2.20. The van der Waals surface area contributed by atoms with Crippen molar-refractivity contribution in [2.24, 2.45) is 5.92 Å². The second-order valence-corrected chi connectivity index (χ2v) is 8.19. The minimum Gasteiger partial charge on any atom is -0.469 e. The zero-order chi connectivity index (χ0) is 16.6. The first-order valence-corrected chi connectivity index (χ1v) is 9.20. The average Bonchev–Trinajstić information content (AvgIpc) is 2.98. The largest absolute Gasteiger partial charge is 0.469 e. The quantitative estimate of drug-likeness (QED) is 0.628. The monoisotopic (exact) mass is 335 g/mol. The normalized spacial score (nSPS) is 22.1. The summed E-state index contributed by atoms with van der Waals surface area (Å²) >= 11 is 0. The van der Waals surface area contributed by atoms with E-state index in [9.17, 15) is 13.2 Å². The molecule has 0 amide bonds. The van der Waals surface area contributed by atoms with Crippen molar-refractivity contribution in [1.82, 2.24) is 4.31 Å². The fraction of sp³-hybridized carbons (Fsp3) is 0.471. The molecular weight excluding hydrogens is 314 g/mol. The number of hydrogen-bond donors (Lipinski definition) is 0. The molecule has 1 atom stereocenters. The van der Waals surface area contributed by atoms with Crippen LogP contribution >= 0.6 is 0 Å². The molecule has 0 aromatic heterocycles. The third kappa shape index (κ3) is 3.05. The Labute approximate surface area is 137 Å². The minimum absolute atomic E-state index is 0.138. The number of methoxy groups -OCH3 is 1. The molecule has 0 saturated carbocycles. The molecule has 2 aliphatic rings. The van der Waals surface area contributed by atoms with Crippen LogP contribution in [0.1, 0.15) is 24.8 Å². The van der Waals surface area contributed by atoms with E-state index in [2.05, 4.69) is 0 Å². The molecule has 1 aromatic carbocycles. The number of rotatable bonds is 3. The van der Waals surface area contributed by atoms with Gasteiger partial charge in [0.15, 0.2) is 0 Å². The highest BCUT2D eigenvalue weighted by Gasteiger charge is 2.36. The summed E-state index contributed by atoms with van der Waals surface area (Å²) < 4.78 is 31.9. The number of benzene rings is 1. The molecule has 3 rings (SSSR count). The van der Waals surface area contributed by atoms with Crippen molar-refractivity contribution in [3.63, 3.8) is 0 Å². The van der Waals surface area contributed by atoms with Crippen molar-refractivity contribution < 1.29 is 17.9 Å². The number of esters is 1. The van der Waals surface area contributed by atoms with E-state index < -0.39 is 10.0 Å². The lowest BCUT2D eigenvalue weighted by molar-refractivity contribution is -0.145. The Morgan fingerprint density at radius 3 is 2.48 bits per heavy atom. The molecule has 1 heterocycles. The molecular formula is C17H21NO4S. The van der Waals surface area contributed by atoms with Gasteiger partial charge >= 0.3 is 5.97 Å². The van der Waals surface area contributed by atoms with Crippen LogP contribution in [0.15, 0.2) is 40.3 Å². The number of aryl methyl sites for hydroxylation is 1. The molecule has 1 aliphatic carbocycles. The van der Waals surface area contributed by atoms with Crippen LogP contribution in [0, 0.1) is 12.8 Å². The van der Waals surface area contributed by atoms with Crippen molar-refractivity contribution >= 4 is 16.0 Å². The molecule has 23 heavy (non-hydrogen) atoms. The second-order valence-electron chi connectivity index (χ2n) is 6.26. The summed E-state index contributed by atoms with van der Waals surface area (Å²) in [6.07, 6.45) is 2.13. The van der Waals surface area contributed by atoms with Gasteiger partial charge in [0.25, 0.3) is 0 Å². The summed E-state index contributed by atoms with van der Waals surface area (Å²) in [6.45, 7) is 2.76. The maximum absolute atomic E-state index is 12.8. The highest BCUT2D eigenvalue weighted by Crippen LogP contribution is 2.36. The molecule has 0 spiro atoms. The van der Waals surface area contributed by atoms with Gasteiger partial charge in [-0.3, -0.25) is 4.79 Å². The molecule has 1 aliphatic heterocycles. The molecule has 0 radical (unpaired) electrons. The first kappa shape index (κ1) is 16.2. The molecule has 0 fully saturated rings. The van der Waals surface area contributed by atoms with Gasteiger partial charge < -0.3 is 4.74 Å². The Balaban J connectivity index is 1.76. The summed E-state index contributed by atoms with van der Waals surface area (Å²) in [5, 5.41) is 0. The van der Waals surface area contributed by atoms with Crippen LogP contribution in [-0.4, -0.2) is 38.9 Å². The smallest absolute Gasteiger partial charge is 0.308 e. The summed E-state index contributed by atoms with van der Waals surface area (Å²) in [5.74, 6) is -0.336. The maximum atomic E-state index is 12.8. The van der Waals surface area contributed by atoms with E-state index in [0.717, 1.165) is 24.0 Å². The molecule has 0 bridgehead atoms. The van der Waals surface area contributed by atoms with E-state index in [-0.39, 0.29) is 11.9 Å². The SMILES string of the molecule is COC(=O)C1CCC2=C(C1)CN(S(=O)(=O)c1ccc(C)cc1)C2. The van der Waals surface area contributed by atoms with Crippen molar-refractivity contribution in [3.8, 4) is 0 Å². The van der Waals surface area contributed by atoms with Crippen LogP contribution in [-0.2, 0) is 19.6 Å². The fourth-order valence-electron chi connectivity index (χ4n) is 3.32. The van der Waals surface area contributed by atoms with Crippen LogP contribution < -0.4 is 0 Å². The molecule has 1 unspecified atom stereocenters. The van der Waals surface area contributed by atoms with E-state index in [4.69, 9.17) is 4.74 Å². The predicted octanol–water partition coefficient (Wildman–Crippen LogP) is 2.27. The van der Waals surface area contributed by atoms with Crippen LogP contribution in [0.2, 0.25) is 0 Å². The van der Waals surface area contributed by atoms with Gasteiger partial charge in [0.05, 0.1) is 17.9 Å². The summed E-state index contributed by atoms with van der Waals surface area (Å²) in [4.78, 5) is 12.0. The Bertz CT molecular complexity index is 749. The van der Waals surface area contributed by atoms with Crippen molar-refractivity contribution in [3.05, 3.63) is 41.0 Å². The standard InChI is InChI=1S/C17H21NO4S/c1-12-3-7-16(8-4-12)23(20,21)18-10-14-6-5-13(17(19)22-2)9-15(14)11-18/h3-4,7-8,13H,5-6,9-11H2,1-2H3. The van der Waals surface area contributed by atoms with Gasteiger partial charge in [0, 0.05) is 13.1 Å². The van der Waals surface area contributed by atoms with Crippen molar-refractivity contribution in [2.75, 3.05) is 20.2 Å². The van der Waals surface area contributed by atoms with E-state index in [1.54, 1.807) is 12.1 Å². The fourth-order valence-corrected chi connectivity index (χ4v) is 4.74. The number of ether oxygens (including phenoxy) is 1. The van der Waals surface area contributed by atoms with Crippen LogP contribution in [0.3, 0.4) is 0 Å². The first-order valence-electron chi connectivity index (χ1n) is 7.76. The van der Waals surface area contributed by atoms with Gasteiger partial charge in [-0.15, -0.1) is 0 Å². The minimum atomic E-state index is -3.48. The Morgan fingerprint density at radius 2 is 1.83 bits per heavy atom. The van der Waals surface area contributed by atoms with Gasteiger partial charge in [-0.1, -0.05) is 28.8 Å². The van der Waals surface area contributed by atoms with Crippen LogP contribution in [0.25, 0.3) is 0 Å². The van der Waals surface area contributed by atoms with Crippen molar-refractivity contribution in [2.45, 2.75) is 31.1 Å². The molecule has 0 saturated heterocycles. The maximum Gasteiger partial charge on any atom is 0.308 e. The van der Waals surface area contributed by atoms with Gasteiger partial charge in [-0.2, -0.15) is 4.31 Å². The van der Waals surface area contributed by atoms with Gasteiger partial charge in [-0.05, 0) is 38.3 Å². The topological polar surface area (TPSA) is 63.7 Å².